The molecule has 0 atom stereocenters. The molecule has 0 aliphatic carbocycles. The molecule has 2 aromatic carbocycles. The summed E-state index contributed by atoms with van der Waals surface area (Å²) in [6.07, 6.45) is -4.50. The van der Waals surface area contributed by atoms with Crippen LogP contribution in [-0.2, 0) is 11.0 Å². The van der Waals surface area contributed by atoms with Crippen molar-refractivity contribution in [3.63, 3.8) is 0 Å². The van der Waals surface area contributed by atoms with Crippen LogP contribution in [0.15, 0.2) is 53.5 Å². The van der Waals surface area contributed by atoms with Crippen LogP contribution in [0, 0.1) is 0 Å². The number of aliphatic imine (C=N–C) groups is 1. The zero-order valence-corrected chi connectivity index (χ0v) is 11.3. The minimum atomic E-state index is -4.43. The second-order valence-electron chi connectivity index (χ2n) is 4.88. The summed E-state index contributed by atoms with van der Waals surface area (Å²) in [5.74, 6) is -0.305. The van der Waals surface area contributed by atoms with E-state index in [1.54, 1.807) is 24.3 Å². The van der Waals surface area contributed by atoms with Crippen LogP contribution in [0.5, 0.6) is 0 Å². The summed E-state index contributed by atoms with van der Waals surface area (Å²) >= 11 is 0. The molecule has 0 spiro atoms. The lowest BCUT2D eigenvalue weighted by atomic mass is 10.0. The first-order valence-corrected chi connectivity index (χ1v) is 6.57. The lowest BCUT2D eigenvalue weighted by molar-refractivity contribution is -0.137. The summed E-state index contributed by atoms with van der Waals surface area (Å²) in [6, 6.07) is 11.8. The second-order valence-corrected chi connectivity index (χ2v) is 4.88. The van der Waals surface area contributed by atoms with Gasteiger partial charge in [-0.2, -0.15) is 13.2 Å². The summed E-state index contributed by atoms with van der Waals surface area (Å²) in [6.45, 7) is 0. The molecule has 22 heavy (non-hydrogen) atoms. The Labute approximate surface area is 124 Å². The first-order valence-electron chi connectivity index (χ1n) is 6.57. The van der Waals surface area contributed by atoms with Crippen molar-refractivity contribution in [2.75, 3.05) is 5.32 Å². The van der Waals surface area contributed by atoms with Gasteiger partial charge in [-0.05, 0) is 29.8 Å². The number of halogens is 3. The average Bonchev–Trinajstić information content (AvgIpc) is 2.64. The van der Waals surface area contributed by atoms with E-state index in [1.807, 2.05) is 0 Å². The van der Waals surface area contributed by atoms with Crippen molar-refractivity contribution >= 4 is 23.0 Å². The number of nitrogens with zero attached hydrogens (tertiary/aromatic N) is 1. The van der Waals surface area contributed by atoms with E-state index in [0.29, 0.717) is 22.6 Å². The number of para-hydroxylation sites is 2. The Morgan fingerprint density at radius 1 is 1.05 bits per heavy atom. The van der Waals surface area contributed by atoms with Crippen LogP contribution in [-0.4, -0.2) is 11.6 Å². The Kier molecular flexibility index (Phi) is 3.44. The maximum absolute atomic E-state index is 12.8. The van der Waals surface area contributed by atoms with Crippen molar-refractivity contribution in [1.82, 2.24) is 0 Å². The topological polar surface area (TPSA) is 41.5 Å². The van der Waals surface area contributed by atoms with Crippen molar-refractivity contribution in [2.45, 2.75) is 12.6 Å². The van der Waals surface area contributed by atoms with E-state index >= 15 is 0 Å². The third-order valence-electron chi connectivity index (χ3n) is 3.28. The largest absolute Gasteiger partial charge is 0.416 e. The normalized spacial score (nSPS) is 14.7. The number of nitrogens with one attached hydrogen (secondary N) is 1. The lowest BCUT2D eigenvalue weighted by Crippen LogP contribution is -2.15. The van der Waals surface area contributed by atoms with E-state index in [-0.39, 0.29) is 12.3 Å². The molecular weight excluding hydrogens is 293 g/mol. The van der Waals surface area contributed by atoms with Gasteiger partial charge < -0.3 is 5.32 Å². The number of hydrogen-bond acceptors (Lipinski definition) is 2. The summed E-state index contributed by atoms with van der Waals surface area (Å²) in [7, 11) is 0. The third kappa shape index (κ3) is 2.86. The molecule has 6 heteroatoms. The molecule has 1 amide bonds. The minimum Gasteiger partial charge on any atom is -0.324 e. The molecule has 0 saturated heterocycles. The monoisotopic (exact) mass is 304 g/mol. The minimum absolute atomic E-state index is 0.0734. The molecular formula is C16H11F3N2O. The number of anilines is 1. The molecule has 1 aliphatic rings. The number of fused-ring (bicyclic) bond motifs is 1. The van der Waals surface area contributed by atoms with Crippen LogP contribution >= 0.6 is 0 Å². The van der Waals surface area contributed by atoms with Gasteiger partial charge in [-0.1, -0.05) is 24.3 Å². The summed E-state index contributed by atoms with van der Waals surface area (Å²) in [5.41, 5.74) is 0.927. The fraction of sp³-hybridized carbons (Fsp3) is 0.125. The highest BCUT2D eigenvalue weighted by Gasteiger charge is 2.31. The molecule has 0 aromatic heterocycles. The van der Waals surface area contributed by atoms with E-state index in [2.05, 4.69) is 10.3 Å². The SMILES string of the molecule is O=C1CC(c2cccc(C(F)(F)F)c2)=Nc2ccccc2N1. The van der Waals surface area contributed by atoms with Gasteiger partial charge in [-0.25, -0.2) is 0 Å². The Morgan fingerprint density at radius 3 is 2.59 bits per heavy atom. The highest BCUT2D eigenvalue weighted by Crippen LogP contribution is 2.32. The van der Waals surface area contributed by atoms with Crippen molar-refractivity contribution in [2.24, 2.45) is 4.99 Å². The van der Waals surface area contributed by atoms with Crippen molar-refractivity contribution in [1.29, 1.82) is 0 Å². The van der Waals surface area contributed by atoms with Crippen LogP contribution in [0.1, 0.15) is 17.5 Å². The molecule has 2 aromatic rings. The van der Waals surface area contributed by atoms with Crippen molar-refractivity contribution < 1.29 is 18.0 Å². The molecule has 0 saturated carbocycles. The maximum atomic E-state index is 12.8. The van der Waals surface area contributed by atoms with Gasteiger partial charge in [0, 0.05) is 0 Å². The Balaban J connectivity index is 2.08. The third-order valence-corrected chi connectivity index (χ3v) is 3.28. The van der Waals surface area contributed by atoms with E-state index < -0.39 is 11.7 Å². The molecule has 0 unspecified atom stereocenters. The quantitative estimate of drug-likeness (QED) is 0.844. The summed E-state index contributed by atoms with van der Waals surface area (Å²) in [5, 5.41) is 2.69. The van der Waals surface area contributed by atoms with Crippen LogP contribution in [0.3, 0.4) is 0 Å². The Hall–Kier alpha value is -2.63. The lowest BCUT2D eigenvalue weighted by Gasteiger charge is -2.09. The fourth-order valence-electron chi connectivity index (χ4n) is 2.25. The fourth-order valence-corrected chi connectivity index (χ4v) is 2.25. The average molecular weight is 304 g/mol. The molecule has 112 valence electrons. The van der Waals surface area contributed by atoms with E-state index in [0.717, 1.165) is 12.1 Å². The molecule has 1 heterocycles. The number of carbonyl (C=O) groups excluding carboxylic acids is 1. The van der Waals surface area contributed by atoms with E-state index in [9.17, 15) is 18.0 Å². The number of alkyl halides is 3. The van der Waals surface area contributed by atoms with Crippen LogP contribution < -0.4 is 5.32 Å². The van der Waals surface area contributed by atoms with E-state index in [4.69, 9.17) is 0 Å². The van der Waals surface area contributed by atoms with Gasteiger partial charge in [0.15, 0.2) is 0 Å². The van der Waals surface area contributed by atoms with Gasteiger partial charge in [0.05, 0.1) is 29.1 Å². The number of amides is 1. The van der Waals surface area contributed by atoms with E-state index in [1.165, 1.54) is 12.1 Å². The molecule has 3 nitrogen and oxygen atoms in total. The predicted molar refractivity (Wildman–Crippen MR) is 77.3 cm³/mol. The number of rotatable bonds is 1. The predicted octanol–water partition coefficient (Wildman–Crippen LogP) is 4.17. The first-order chi connectivity index (χ1) is 10.4. The van der Waals surface area contributed by atoms with Gasteiger partial charge in [-0.3, -0.25) is 9.79 Å². The standard InChI is InChI=1S/C16H11F3N2O/c17-16(18,19)11-5-3-4-10(8-11)14-9-15(22)21-13-7-2-1-6-12(13)20-14/h1-8H,9H2,(H,21,22). The van der Waals surface area contributed by atoms with Crippen LogP contribution in [0.4, 0.5) is 24.5 Å². The summed E-state index contributed by atoms with van der Waals surface area (Å²) < 4.78 is 38.4. The number of benzene rings is 2. The highest BCUT2D eigenvalue weighted by atomic mass is 19.4. The molecule has 1 aliphatic heterocycles. The zero-order chi connectivity index (χ0) is 15.7. The van der Waals surface area contributed by atoms with Gasteiger partial charge in [0.1, 0.15) is 0 Å². The number of hydrogen-bond donors (Lipinski definition) is 1. The maximum Gasteiger partial charge on any atom is 0.416 e. The molecule has 0 fully saturated rings. The molecule has 1 N–H and O–H groups in total. The van der Waals surface area contributed by atoms with Gasteiger partial charge in [0.2, 0.25) is 5.91 Å². The molecule has 0 bridgehead atoms. The number of carbonyl (C=O) groups is 1. The Morgan fingerprint density at radius 2 is 1.82 bits per heavy atom. The first kappa shape index (κ1) is 14.3. The Bertz CT molecular complexity index is 766. The zero-order valence-electron chi connectivity index (χ0n) is 11.3. The highest BCUT2D eigenvalue weighted by molar-refractivity contribution is 6.16. The van der Waals surface area contributed by atoms with Gasteiger partial charge in [-0.15, -0.1) is 0 Å². The second kappa shape index (κ2) is 5.29. The molecule has 0 radical (unpaired) electrons. The van der Waals surface area contributed by atoms with Crippen molar-refractivity contribution in [3.05, 3.63) is 59.7 Å². The van der Waals surface area contributed by atoms with Crippen molar-refractivity contribution in [3.8, 4) is 0 Å². The van der Waals surface area contributed by atoms with Crippen LogP contribution in [0.25, 0.3) is 0 Å². The molecule has 3 rings (SSSR count). The van der Waals surface area contributed by atoms with Crippen LogP contribution in [0.2, 0.25) is 0 Å². The van der Waals surface area contributed by atoms with Gasteiger partial charge >= 0.3 is 6.18 Å². The summed E-state index contributed by atoms with van der Waals surface area (Å²) in [4.78, 5) is 16.2. The van der Waals surface area contributed by atoms with Gasteiger partial charge in [0.25, 0.3) is 0 Å². The smallest absolute Gasteiger partial charge is 0.324 e.